The maximum atomic E-state index is 5.50. The molecule has 5 rings (SSSR count). The summed E-state index contributed by atoms with van der Waals surface area (Å²) in [5.74, 6) is 2.40. The van der Waals surface area contributed by atoms with Crippen LogP contribution in [0.4, 0.5) is 0 Å². The third-order valence-electron chi connectivity index (χ3n) is 6.49. The minimum atomic E-state index is 0.305. The van der Waals surface area contributed by atoms with Crippen LogP contribution in [0.1, 0.15) is 56.3 Å². The average Bonchev–Trinajstić information content (AvgIpc) is 3.58. The molecule has 3 aromatic heterocycles. The van der Waals surface area contributed by atoms with Crippen molar-refractivity contribution >= 4 is 10.9 Å². The first-order valence-electron chi connectivity index (χ1n) is 11.6. The minimum absolute atomic E-state index is 0.305. The summed E-state index contributed by atoms with van der Waals surface area (Å²) >= 11 is 0. The van der Waals surface area contributed by atoms with E-state index in [1.807, 2.05) is 13.0 Å². The van der Waals surface area contributed by atoms with Gasteiger partial charge in [-0.2, -0.15) is 4.98 Å². The predicted octanol–water partition coefficient (Wildman–Crippen LogP) is 4.62. The normalized spacial score (nSPS) is 16.8. The van der Waals surface area contributed by atoms with Crippen molar-refractivity contribution in [1.82, 2.24) is 29.6 Å². The Balaban J connectivity index is 1.40. The van der Waals surface area contributed by atoms with E-state index in [1.165, 1.54) is 16.5 Å². The third kappa shape index (κ3) is 4.11. The Labute approximate surface area is 193 Å². The fourth-order valence-corrected chi connectivity index (χ4v) is 4.77. The highest BCUT2D eigenvalue weighted by molar-refractivity contribution is 5.85. The number of rotatable bonds is 7. The lowest BCUT2D eigenvalue weighted by Gasteiger charge is -2.16. The molecule has 1 saturated heterocycles. The summed E-state index contributed by atoms with van der Waals surface area (Å²) in [7, 11) is 1.72. The number of nitrogens with zero attached hydrogens (tertiary/aromatic N) is 6. The molecule has 0 spiro atoms. The minimum Gasteiger partial charge on any atom is -0.497 e. The molecule has 0 bridgehead atoms. The number of fused-ring (bicyclic) bond motifs is 1. The van der Waals surface area contributed by atoms with Crippen LogP contribution >= 0.6 is 0 Å². The van der Waals surface area contributed by atoms with E-state index in [9.17, 15) is 0 Å². The molecule has 0 N–H and O–H groups in total. The Bertz CT molecular complexity index is 1260. The molecular formula is C25H30N6O2. The number of aromatic nitrogens is 5. The number of hydrogen-bond donors (Lipinski definition) is 0. The van der Waals surface area contributed by atoms with Gasteiger partial charge < -0.3 is 13.8 Å². The molecular weight excluding hydrogens is 416 g/mol. The van der Waals surface area contributed by atoms with E-state index in [1.54, 1.807) is 19.6 Å². The summed E-state index contributed by atoms with van der Waals surface area (Å²) in [4.78, 5) is 15.9. The molecule has 0 amide bonds. The average molecular weight is 447 g/mol. The molecule has 33 heavy (non-hydrogen) atoms. The summed E-state index contributed by atoms with van der Waals surface area (Å²) in [5.41, 5.74) is 4.45. The molecule has 1 aromatic carbocycles. The van der Waals surface area contributed by atoms with Gasteiger partial charge in [-0.3, -0.25) is 4.90 Å². The van der Waals surface area contributed by atoms with Crippen molar-refractivity contribution < 1.29 is 9.26 Å². The zero-order valence-electron chi connectivity index (χ0n) is 19.7. The van der Waals surface area contributed by atoms with Crippen molar-refractivity contribution in [1.29, 1.82) is 0 Å². The molecule has 0 aliphatic carbocycles. The quantitative estimate of drug-likeness (QED) is 0.409. The Morgan fingerprint density at radius 2 is 2.15 bits per heavy atom. The zero-order valence-corrected chi connectivity index (χ0v) is 19.7. The van der Waals surface area contributed by atoms with Crippen LogP contribution in [0, 0.1) is 0 Å². The van der Waals surface area contributed by atoms with Crippen molar-refractivity contribution in [3.63, 3.8) is 0 Å². The van der Waals surface area contributed by atoms with Crippen LogP contribution < -0.4 is 4.74 Å². The summed E-state index contributed by atoms with van der Waals surface area (Å²) < 4.78 is 13.2. The van der Waals surface area contributed by atoms with E-state index in [4.69, 9.17) is 9.26 Å². The highest BCUT2D eigenvalue weighted by atomic mass is 16.5. The Morgan fingerprint density at radius 3 is 2.91 bits per heavy atom. The fourth-order valence-electron chi connectivity index (χ4n) is 4.77. The first-order chi connectivity index (χ1) is 16.1. The lowest BCUT2D eigenvalue weighted by atomic mass is 10.00. The van der Waals surface area contributed by atoms with Gasteiger partial charge in [-0.15, -0.1) is 0 Å². The van der Waals surface area contributed by atoms with Gasteiger partial charge in [0.2, 0.25) is 11.7 Å². The third-order valence-corrected chi connectivity index (χ3v) is 6.49. The van der Waals surface area contributed by atoms with Gasteiger partial charge in [0.05, 0.1) is 18.4 Å². The maximum Gasteiger partial charge on any atom is 0.226 e. The molecule has 4 aromatic rings. The van der Waals surface area contributed by atoms with Gasteiger partial charge in [-0.05, 0) is 50.6 Å². The highest BCUT2D eigenvalue weighted by Gasteiger charge is 2.29. The van der Waals surface area contributed by atoms with Crippen LogP contribution in [0.15, 0.2) is 41.4 Å². The predicted molar refractivity (Wildman–Crippen MR) is 126 cm³/mol. The van der Waals surface area contributed by atoms with Gasteiger partial charge in [0.15, 0.2) is 0 Å². The van der Waals surface area contributed by atoms with Crippen molar-refractivity contribution in [2.45, 2.75) is 52.1 Å². The number of benzene rings is 1. The van der Waals surface area contributed by atoms with Crippen LogP contribution in [-0.2, 0) is 13.0 Å². The van der Waals surface area contributed by atoms with Crippen LogP contribution in [0.5, 0.6) is 5.75 Å². The number of aryl methyl sites for hydroxylation is 1. The van der Waals surface area contributed by atoms with Crippen molar-refractivity contribution in [3.05, 3.63) is 54.1 Å². The van der Waals surface area contributed by atoms with Crippen molar-refractivity contribution in [3.8, 4) is 17.1 Å². The monoisotopic (exact) mass is 446 g/mol. The van der Waals surface area contributed by atoms with Crippen molar-refractivity contribution in [2.24, 2.45) is 0 Å². The second kappa shape index (κ2) is 8.94. The number of hydrogen-bond acceptors (Lipinski definition) is 7. The van der Waals surface area contributed by atoms with Gasteiger partial charge >= 0.3 is 0 Å². The lowest BCUT2D eigenvalue weighted by Crippen LogP contribution is -2.20. The largest absolute Gasteiger partial charge is 0.497 e. The Morgan fingerprint density at radius 1 is 1.27 bits per heavy atom. The van der Waals surface area contributed by atoms with Crippen LogP contribution in [-0.4, -0.2) is 49.8 Å². The van der Waals surface area contributed by atoms with E-state index >= 15 is 0 Å². The molecule has 0 saturated carbocycles. The SMILES string of the molecule is CCc1nc(-c2cncnc2[C@H]2CCN(Cc3cn(C(C)C)c4ccc(OC)cc34)C2)no1. The van der Waals surface area contributed by atoms with Crippen LogP contribution in [0.2, 0.25) is 0 Å². The summed E-state index contributed by atoms with van der Waals surface area (Å²) in [6, 6.07) is 6.75. The molecule has 1 atom stereocenters. The molecule has 0 radical (unpaired) electrons. The molecule has 8 nitrogen and oxygen atoms in total. The first kappa shape index (κ1) is 21.6. The van der Waals surface area contributed by atoms with Crippen LogP contribution in [0.3, 0.4) is 0 Å². The van der Waals surface area contributed by atoms with Gasteiger partial charge in [0.25, 0.3) is 0 Å². The second-order valence-electron chi connectivity index (χ2n) is 8.95. The van der Waals surface area contributed by atoms with Gasteiger partial charge in [-0.1, -0.05) is 12.1 Å². The first-order valence-corrected chi connectivity index (χ1v) is 11.6. The lowest BCUT2D eigenvalue weighted by molar-refractivity contribution is 0.327. The Kier molecular flexibility index (Phi) is 5.85. The number of ether oxygens (including phenoxy) is 1. The molecule has 1 aliphatic heterocycles. The molecule has 1 fully saturated rings. The van der Waals surface area contributed by atoms with E-state index in [2.05, 4.69) is 61.8 Å². The fraction of sp³-hybridized carbons (Fsp3) is 0.440. The standard InChI is InChI=1S/C25H30N6O2/c1-5-23-28-25(29-33-23)21-11-26-15-27-24(21)17-8-9-30(12-17)13-18-14-31(16(2)3)22-7-6-19(32-4)10-20(18)22/h6-7,10-11,14-17H,5,8-9,12-13H2,1-4H3/t17-/m0/s1. The molecule has 8 heteroatoms. The van der Waals surface area contributed by atoms with E-state index in [0.717, 1.165) is 43.1 Å². The van der Waals surface area contributed by atoms with E-state index in [0.29, 0.717) is 30.1 Å². The maximum absolute atomic E-state index is 5.50. The van der Waals surface area contributed by atoms with Crippen molar-refractivity contribution in [2.75, 3.05) is 20.2 Å². The van der Waals surface area contributed by atoms with Gasteiger partial charge in [0.1, 0.15) is 12.1 Å². The topological polar surface area (TPSA) is 82.1 Å². The summed E-state index contributed by atoms with van der Waals surface area (Å²) in [5, 5.41) is 5.41. The molecule has 1 aliphatic rings. The molecule has 172 valence electrons. The van der Waals surface area contributed by atoms with E-state index in [-0.39, 0.29) is 0 Å². The second-order valence-corrected chi connectivity index (χ2v) is 8.95. The number of methoxy groups -OCH3 is 1. The van der Waals surface area contributed by atoms with E-state index < -0.39 is 0 Å². The summed E-state index contributed by atoms with van der Waals surface area (Å²) in [6.45, 7) is 9.28. The number of likely N-dealkylation sites (tertiary alicyclic amines) is 1. The van der Waals surface area contributed by atoms with Crippen LogP contribution in [0.25, 0.3) is 22.3 Å². The molecule has 0 unspecified atom stereocenters. The molecule has 4 heterocycles. The smallest absolute Gasteiger partial charge is 0.226 e. The Hall–Kier alpha value is -3.26. The van der Waals surface area contributed by atoms with Gasteiger partial charge in [0, 0.05) is 54.8 Å². The summed E-state index contributed by atoms with van der Waals surface area (Å²) in [6.07, 6.45) is 7.46. The van der Waals surface area contributed by atoms with Gasteiger partial charge in [-0.25, -0.2) is 9.97 Å². The highest BCUT2D eigenvalue weighted by Crippen LogP contribution is 2.34. The zero-order chi connectivity index (χ0) is 22.9.